The number of nitriles is 1. The number of alkyl halides is 3. The summed E-state index contributed by atoms with van der Waals surface area (Å²) in [5.74, 6) is 0.0939. The molecular formula is C16H14F3N3O2. The SMILES string of the molecule is N#Cc1ccc(C(F)(F)F)cc1Oc1cnn(C2CCCCO2)c1. The summed E-state index contributed by atoms with van der Waals surface area (Å²) >= 11 is 0. The van der Waals surface area contributed by atoms with Crippen molar-refractivity contribution in [1.29, 1.82) is 5.26 Å². The molecule has 24 heavy (non-hydrogen) atoms. The molecule has 2 aromatic rings. The Bertz CT molecular complexity index is 759. The molecule has 0 radical (unpaired) electrons. The normalized spacial score (nSPS) is 18.2. The van der Waals surface area contributed by atoms with Crippen LogP contribution in [0.15, 0.2) is 30.6 Å². The van der Waals surface area contributed by atoms with Crippen LogP contribution in [0, 0.1) is 11.3 Å². The summed E-state index contributed by atoms with van der Waals surface area (Å²) in [5.41, 5.74) is -0.857. The standard InChI is InChI=1S/C16H14F3N3O2/c17-16(18,19)12-5-4-11(8-20)14(7-12)24-13-9-21-22(10-13)15-3-1-2-6-23-15/h4-5,7,9-10,15H,1-3,6H2. The lowest BCUT2D eigenvalue weighted by Crippen LogP contribution is -2.18. The van der Waals surface area contributed by atoms with Crippen molar-refractivity contribution in [2.75, 3.05) is 6.61 Å². The summed E-state index contributed by atoms with van der Waals surface area (Å²) in [4.78, 5) is 0. The number of benzene rings is 1. The van der Waals surface area contributed by atoms with Gasteiger partial charge in [0.1, 0.15) is 18.0 Å². The minimum atomic E-state index is -4.51. The van der Waals surface area contributed by atoms with Crippen LogP contribution < -0.4 is 4.74 Å². The lowest BCUT2D eigenvalue weighted by molar-refractivity contribution is -0.137. The first-order valence-corrected chi connectivity index (χ1v) is 7.42. The fourth-order valence-corrected chi connectivity index (χ4v) is 2.47. The minimum Gasteiger partial charge on any atom is -0.453 e. The molecule has 0 N–H and O–H groups in total. The summed E-state index contributed by atoms with van der Waals surface area (Å²) in [6.45, 7) is 0.646. The van der Waals surface area contributed by atoms with E-state index in [2.05, 4.69) is 5.10 Å². The van der Waals surface area contributed by atoms with Gasteiger partial charge in [-0.05, 0) is 37.5 Å². The Balaban J connectivity index is 1.83. The van der Waals surface area contributed by atoms with E-state index < -0.39 is 11.7 Å². The van der Waals surface area contributed by atoms with Crippen LogP contribution in [0.2, 0.25) is 0 Å². The van der Waals surface area contributed by atoms with Gasteiger partial charge in [0.15, 0.2) is 5.75 Å². The third kappa shape index (κ3) is 3.51. The molecule has 8 heteroatoms. The van der Waals surface area contributed by atoms with Crippen LogP contribution in [0.3, 0.4) is 0 Å². The number of hydrogen-bond acceptors (Lipinski definition) is 4. The van der Waals surface area contributed by atoms with Crippen molar-refractivity contribution in [2.24, 2.45) is 0 Å². The molecule has 0 bridgehead atoms. The highest BCUT2D eigenvalue weighted by atomic mass is 19.4. The van der Waals surface area contributed by atoms with Crippen molar-refractivity contribution in [1.82, 2.24) is 9.78 Å². The van der Waals surface area contributed by atoms with Crippen molar-refractivity contribution in [2.45, 2.75) is 31.7 Å². The van der Waals surface area contributed by atoms with E-state index in [1.54, 1.807) is 10.9 Å². The molecular weight excluding hydrogens is 323 g/mol. The van der Waals surface area contributed by atoms with Crippen molar-refractivity contribution in [3.8, 4) is 17.6 Å². The molecule has 3 rings (SSSR count). The molecule has 0 amide bonds. The van der Waals surface area contributed by atoms with Gasteiger partial charge in [-0.15, -0.1) is 0 Å². The summed E-state index contributed by atoms with van der Waals surface area (Å²) in [6.07, 6.45) is 1.06. The van der Waals surface area contributed by atoms with E-state index in [4.69, 9.17) is 14.7 Å². The Hall–Kier alpha value is -2.53. The molecule has 1 saturated heterocycles. The van der Waals surface area contributed by atoms with Gasteiger partial charge >= 0.3 is 6.18 Å². The summed E-state index contributed by atoms with van der Waals surface area (Å²) in [5, 5.41) is 13.2. The fourth-order valence-electron chi connectivity index (χ4n) is 2.47. The number of aromatic nitrogens is 2. The van der Waals surface area contributed by atoms with Gasteiger partial charge in [0.05, 0.1) is 23.5 Å². The van der Waals surface area contributed by atoms with Crippen LogP contribution >= 0.6 is 0 Å². The Kier molecular flexibility index (Phi) is 4.44. The van der Waals surface area contributed by atoms with E-state index in [0.717, 1.165) is 37.5 Å². The molecule has 0 saturated carbocycles. The molecule has 1 aliphatic heterocycles. The van der Waals surface area contributed by atoms with Gasteiger partial charge in [0.25, 0.3) is 0 Å². The third-order valence-electron chi connectivity index (χ3n) is 3.69. The van der Waals surface area contributed by atoms with E-state index in [-0.39, 0.29) is 23.3 Å². The van der Waals surface area contributed by atoms with Gasteiger partial charge in [-0.1, -0.05) is 0 Å². The minimum absolute atomic E-state index is 0.0182. The van der Waals surface area contributed by atoms with Crippen molar-refractivity contribution in [3.63, 3.8) is 0 Å². The van der Waals surface area contributed by atoms with E-state index in [0.29, 0.717) is 6.61 Å². The highest BCUT2D eigenvalue weighted by Gasteiger charge is 2.31. The van der Waals surface area contributed by atoms with Crippen LogP contribution in [0.25, 0.3) is 0 Å². The Morgan fingerprint density at radius 2 is 2.17 bits per heavy atom. The van der Waals surface area contributed by atoms with Gasteiger partial charge in [-0.2, -0.15) is 23.5 Å². The maximum atomic E-state index is 12.8. The van der Waals surface area contributed by atoms with Gasteiger partial charge in [-0.25, -0.2) is 4.68 Å². The number of hydrogen-bond donors (Lipinski definition) is 0. The lowest BCUT2D eigenvalue weighted by atomic mass is 10.1. The molecule has 1 atom stereocenters. The zero-order valence-electron chi connectivity index (χ0n) is 12.6. The lowest BCUT2D eigenvalue weighted by Gasteiger charge is -2.22. The van der Waals surface area contributed by atoms with Crippen LogP contribution in [-0.4, -0.2) is 16.4 Å². The fraction of sp³-hybridized carbons (Fsp3) is 0.375. The molecule has 1 unspecified atom stereocenters. The van der Waals surface area contributed by atoms with Gasteiger partial charge in [0.2, 0.25) is 0 Å². The Morgan fingerprint density at radius 1 is 1.33 bits per heavy atom. The monoisotopic (exact) mass is 337 g/mol. The summed E-state index contributed by atoms with van der Waals surface area (Å²) in [7, 11) is 0. The van der Waals surface area contributed by atoms with Crippen LogP contribution in [0.1, 0.15) is 36.6 Å². The zero-order valence-corrected chi connectivity index (χ0v) is 12.6. The smallest absolute Gasteiger partial charge is 0.416 e. The second-order valence-electron chi connectivity index (χ2n) is 5.40. The molecule has 1 aliphatic rings. The predicted octanol–water partition coefficient (Wildman–Crippen LogP) is 4.26. The van der Waals surface area contributed by atoms with Crippen LogP contribution in [0.5, 0.6) is 11.5 Å². The van der Waals surface area contributed by atoms with E-state index >= 15 is 0 Å². The highest BCUT2D eigenvalue weighted by Crippen LogP contribution is 2.35. The molecule has 0 spiro atoms. The van der Waals surface area contributed by atoms with Crippen LogP contribution in [0.4, 0.5) is 13.2 Å². The maximum Gasteiger partial charge on any atom is 0.416 e. The topological polar surface area (TPSA) is 60.1 Å². The predicted molar refractivity (Wildman–Crippen MR) is 77.3 cm³/mol. The van der Waals surface area contributed by atoms with Gasteiger partial charge in [0, 0.05) is 6.61 Å². The van der Waals surface area contributed by atoms with Gasteiger partial charge < -0.3 is 9.47 Å². The molecule has 1 aromatic heterocycles. The average molecular weight is 337 g/mol. The van der Waals surface area contributed by atoms with E-state index in [9.17, 15) is 13.2 Å². The molecule has 5 nitrogen and oxygen atoms in total. The Morgan fingerprint density at radius 3 is 2.83 bits per heavy atom. The van der Waals surface area contributed by atoms with Crippen molar-refractivity contribution >= 4 is 0 Å². The number of halogens is 3. The second-order valence-corrected chi connectivity index (χ2v) is 5.40. The van der Waals surface area contributed by atoms with Gasteiger partial charge in [-0.3, -0.25) is 0 Å². The maximum absolute atomic E-state index is 12.8. The van der Waals surface area contributed by atoms with Crippen molar-refractivity contribution in [3.05, 3.63) is 41.7 Å². The molecule has 1 fully saturated rings. The number of nitrogens with zero attached hydrogens (tertiary/aromatic N) is 3. The molecule has 2 heterocycles. The third-order valence-corrected chi connectivity index (χ3v) is 3.69. The zero-order chi connectivity index (χ0) is 17.2. The average Bonchev–Trinajstić information content (AvgIpc) is 3.03. The van der Waals surface area contributed by atoms with Crippen molar-refractivity contribution < 1.29 is 22.6 Å². The first-order valence-electron chi connectivity index (χ1n) is 7.42. The molecule has 1 aromatic carbocycles. The van der Waals surface area contributed by atoms with E-state index in [1.807, 2.05) is 6.07 Å². The molecule has 126 valence electrons. The summed E-state index contributed by atoms with van der Waals surface area (Å²) in [6, 6.07) is 4.57. The quantitative estimate of drug-likeness (QED) is 0.839. The summed E-state index contributed by atoms with van der Waals surface area (Å²) < 4.78 is 51.1. The first-order chi connectivity index (χ1) is 11.5. The largest absolute Gasteiger partial charge is 0.453 e. The number of ether oxygens (including phenoxy) is 2. The molecule has 0 aliphatic carbocycles. The first kappa shape index (κ1) is 16.3. The highest BCUT2D eigenvalue weighted by molar-refractivity contribution is 5.47. The van der Waals surface area contributed by atoms with Crippen LogP contribution in [-0.2, 0) is 10.9 Å². The Labute approximate surface area is 136 Å². The van der Waals surface area contributed by atoms with E-state index in [1.165, 1.54) is 6.20 Å². The number of rotatable bonds is 3. The second kappa shape index (κ2) is 6.53.